The Labute approximate surface area is 255 Å². The number of anilines is 2. The molecule has 5 rings (SSSR count). The molecule has 0 bridgehead atoms. The zero-order valence-corrected chi connectivity index (χ0v) is 25.1. The third-order valence-electron chi connectivity index (χ3n) is 8.09. The molecule has 1 atom stereocenters. The standard InChI is InChI=1S/C32H39FN8O3/c1-2-24-22-37-41-28(18-29(38-31(24)41)39-14-6-4-8-25(39)13-16-42)35-20-23-9-12-30(36-21-23)44-17-7-3-5-15-40-26(19-34)10-11-27(33)32(40)43/h9-12,18,21-22,25,35,42H,2-8,13-17,20H2,1H3/t25-/m0/s1. The Morgan fingerprint density at radius 2 is 2.07 bits per heavy atom. The number of piperidine rings is 1. The van der Waals surface area contributed by atoms with Crippen LogP contribution in [-0.2, 0) is 19.5 Å². The summed E-state index contributed by atoms with van der Waals surface area (Å²) in [6, 6.07) is 10.4. The van der Waals surface area contributed by atoms with E-state index in [0.717, 1.165) is 86.0 Å². The van der Waals surface area contributed by atoms with E-state index in [1.54, 1.807) is 6.20 Å². The lowest BCUT2D eigenvalue weighted by Crippen LogP contribution is -2.40. The number of hydrogen-bond donors (Lipinski definition) is 2. The van der Waals surface area contributed by atoms with Crippen molar-refractivity contribution in [3.05, 3.63) is 75.7 Å². The molecule has 12 heteroatoms. The number of ether oxygens (including phenoxy) is 1. The molecule has 4 aromatic rings. The van der Waals surface area contributed by atoms with Gasteiger partial charge in [0.25, 0.3) is 5.56 Å². The average Bonchev–Trinajstić information content (AvgIpc) is 3.47. The maximum absolute atomic E-state index is 13.6. The molecule has 0 aliphatic carbocycles. The Balaban J connectivity index is 1.15. The Kier molecular flexibility index (Phi) is 10.4. The summed E-state index contributed by atoms with van der Waals surface area (Å²) in [7, 11) is 0. The summed E-state index contributed by atoms with van der Waals surface area (Å²) in [5.74, 6) is 1.42. The first-order chi connectivity index (χ1) is 21.5. The summed E-state index contributed by atoms with van der Waals surface area (Å²) in [5.41, 5.74) is 2.30. The van der Waals surface area contributed by atoms with E-state index >= 15 is 0 Å². The van der Waals surface area contributed by atoms with Crippen molar-refractivity contribution in [1.29, 1.82) is 5.26 Å². The molecule has 1 fully saturated rings. The fourth-order valence-electron chi connectivity index (χ4n) is 5.66. The number of halogens is 1. The molecule has 4 aromatic heterocycles. The number of fused-ring (bicyclic) bond motifs is 1. The minimum absolute atomic E-state index is 0.157. The Bertz CT molecular complexity index is 1640. The maximum atomic E-state index is 13.6. The third kappa shape index (κ3) is 7.17. The van der Waals surface area contributed by atoms with Gasteiger partial charge in [-0.05, 0) is 69.1 Å². The quantitative estimate of drug-likeness (QED) is 0.201. The molecule has 0 spiro atoms. The van der Waals surface area contributed by atoms with Crippen LogP contribution in [0.2, 0.25) is 0 Å². The van der Waals surface area contributed by atoms with Crippen LogP contribution in [0.15, 0.2) is 47.5 Å². The summed E-state index contributed by atoms with van der Waals surface area (Å²) >= 11 is 0. The van der Waals surface area contributed by atoms with Gasteiger partial charge in [0.1, 0.15) is 23.4 Å². The zero-order chi connectivity index (χ0) is 30.9. The molecule has 1 aliphatic rings. The van der Waals surface area contributed by atoms with Crippen molar-refractivity contribution in [2.45, 2.75) is 77.4 Å². The van der Waals surface area contributed by atoms with Crippen molar-refractivity contribution in [3.8, 4) is 11.9 Å². The molecule has 0 radical (unpaired) electrons. The molecule has 5 heterocycles. The van der Waals surface area contributed by atoms with Gasteiger partial charge in [-0.1, -0.05) is 13.0 Å². The molecule has 0 unspecified atom stereocenters. The molecule has 232 valence electrons. The molecule has 44 heavy (non-hydrogen) atoms. The van der Waals surface area contributed by atoms with Gasteiger partial charge in [0.15, 0.2) is 11.5 Å². The first kappa shape index (κ1) is 30.9. The first-order valence-electron chi connectivity index (χ1n) is 15.4. The van der Waals surface area contributed by atoms with E-state index in [1.807, 2.05) is 35.0 Å². The highest BCUT2D eigenvalue weighted by atomic mass is 19.1. The second-order valence-corrected chi connectivity index (χ2v) is 11.0. The number of hydrogen-bond acceptors (Lipinski definition) is 9. The number of aromatic nitrogens is 5. The lowest BCUT2D eigenvalue weighted by atomic mass is 9.99. The number of pyridine rings is 2. The van der Waals surface area contributed by atoms with Gasteiger partial charge in [-0.3, -0.25) is 9.36 Å². The van der Waals surface area contributed by atoms with E-state index in [0.29, 0.717) is 25.5 Å². The molecule has 11 nitrogen and oxygen atoms in total. The van der Waals surface area contributed by atoms with E-state index < -0.39 is 11.4 Å². The first-order valence-corrected chi connectivity index (χ1v) is 15.4. The highest BCUT2D eigenvalue weighted by Crippen LogP contribution is 2.29. The summed E-state index contributed by atoms with van der Waals surface area (Å²) in [6.45, 7) is 4.46. The number of aryl methyl sites for hydroxylation is 1. The average molecular weight is 603 g/mol. The molecule has 1 saturated heterocycles. The van der Waals surface area contributed by atoms with Crippen LogP contribution in [0.4, 0.5) is 16.0 Å². The van der Waals surface area contributed by atoms with E-state index in [-0.39, 0.29) is 24.9 Å². The number of nitriles is 1. The van der Waals surface area contributed by atoms with Crippen LogP contribution in [0.25, 0.3) is 5.65 Å². The number of aliphatic hydroxyl groups is 1. The van der Waals surface area contributed by atoms with Crippen LogP contribution in [0.5, 0.6) is 5.88 Å². The summed E-state index contributed by atoms with van der Waals surface area (Å²) in [4.78, 5) is 23.8. The second kappa shape index (κ2) is 14.8. The van der Waals surface area contributed by atoms with Gasteiger partial charge >= 0.3 is 0 Å². The Hall–Kier alpha value is -4.50. The summed E-state index contributed by atoms with van der Waals surface area (Å²) in [6.07, 6.45) is 10.7. The molecule has 0 amide bonds. The van der Waals surface area contributed by atoms with E-state index in [9.17, 15) is 19.6 Å². The lowest BCUT2D eigenvalue weighted by molar-refractivity contribution is 0.262. The third-order valence-corrected chi connectivity index (χ3v) is 8.09. The van der Waals surface area contributed by atoms with Crippen LogP contribution in [0, 0.1) is 17.1 Å². The van der Waals surface area contributed by atoms with Gasteiger partial charge in [0.05, 0.1) is 12.8 Å². The highest BCUT2D eigenvalue weighted by molar-refractivity contribution is 5.61. The minimum atomic E-state index is -0.854. The number of aliphatic hydroxyl groups excluding tert-OH is 1. The van der Waals surface area contributed by atoms with Crippen LogP contribution in [0.3, 0.4) is 0 Å². The zero-order valence-electron chi connectivity index (χ0n) is 25.1. The highest BCUT2D eigenvalue weighted by Gasteiger charge is 2.25. The molecular formula is C32H39FN8O3. The van der Waals surface area contributed by atoms with Gasteiger partial charge in [-0.15, -0.1) is 0 Å². The van der Waals surface area contributed by atoms with Gasteiger partial charge in [-0.25, -0.2) is 14.4 Å². The van der Waals surface area contributed by atoms with Crippen molar-refractivity contribution < 1.29 is 14.2 Å². The molecule has 1 aliphatic heterocycles. The number of unbranched alkanes of at least 4 members (excludes halogenated alkanes) is 2. The molecule has 2 N–H and O–H groups in total. The van der Waals surface area contributed by atoms with Gasteiger partial charge in [-0.2, -0.15) is 14.9 Å². The molecule has 0 saturated carbocycles. The smallest absolute Gasteiger partial charge is 0.287 e. The van der Waals surface area contributed by atoms with E-state index in [4.69, 9.17) is 9.72 Å². The van der Waals surface area contributed by atoms with Crippen LogP contribution < -0.4 is 20.5 Å². The number of rotatable bonds is 14. The SMILES string of the molecule is CCc1cnn2c(NCc3ccc(OCCCCCn4c(C#N)ccc(F)c4=O)nc3)cc(N3CCCC[C@H]3CCO)nc12. The fourth-order valence-corrected chi connectivity index (χ4v) is 5.66. The minimum Gasteiger partial charge on any atom is -0.478 e. The van der Waals surface area contributed by atoms with Crippen molar-refractivity contribution in [2.24, 2.45) is 0 Å². The van der Waals surface area contributed by atoms with Crippen molar-refractivity contribution in [2.75, 3.05) is 30.0 Å². The summed E-state index contributed by atoms with van der Waals surface area (Å²) < 4.78 is 22.4. The molecule has 0 aromatic carbocycles. The number of nitrogens with one attached hydrogen (secondary N) is 1. The number of nitrogens with zero attached hydrogens (tertiary/aromatic N) is 7. The monoisotopic (exact) mass is 602 g/mol. The Morgan fingerprint density at radius 1 is 1.18 bits per heavy atom. The van der Waals surface area contributed by atoms with Gasteiger partial charge in [0, 0.05) is 56.2 Å². The predicted octanol–water partition coefficient (Wildman–Crippen LogP) is 4.46. The van der Waals surface area contributed by atoms with Crippen molar-refractivity contribution >= 4 is 17.3 Å². The van der Waals surface area contributed by atoms with Gasteiger partial charge < -0.3 is 20.1 Å². The maximum Gasteiger partial charge on any atom is 0.287 e. The summed E-state index contributed by atoms with van der Waals surface area (Å²) in [5, 5.41) is 26.9. The van der Waals surface area contributed by atoms with Crippen LogP contribution in [0.1, 0.15) is 68.7 Å². The van der Waals surface area contributed by atoms with Crippen molar-refractivity contribution in [1.82, 2.24) is 24.1 Å². The fraction of sp³-hybridized carbons (Fsp3) is 0.469. The van der Waals surface area contributed by atoms with E-state index in [1.165, 1.54) is 10.6 Å². The van der Waals surface area contributed by atoms with Gasteiger partial charge in [0.2, 0.25) is 5.88 Å². The van der Waals surface area contributed by atoms with E-state index in [2.05, 4.69) is 27.2 Å². The normalized spacial score (nSPS) is 15.0. The second-order valence-electron chi connectivity index (χ2n) is 11.0. The lowest BCUT2D eigenvalue weighted by Gasteiger charge is -2.36. The van der Waals surface area contributed by atoms with Crippen molar-refractivity contribution in [3.63, 3.8) is 0 Å². The van der Waals surface area contributed by atoms with Crippen LogP contribution >= 0.6 is 0 Å². The van der Waals surface area contributed by atoms with Crippen LogP contribution in [-0.4, -0.2) is 55.1 Å². The topological polar surface area (TPSA) is 134 Å². The molecular weight excluding hydrogens is 563 g/mol. The predicted molar refractivity (Wildman–Crippen MR) is 165 cm³/mol. The largest absolute Gasteiger partial charge is 0.478 e. The Morgan fingerprint density at radius 3 is 2.84 bits per heavy atom.